The van der Waals surface area contributed by atoms with Crippen LogP contribution in [0.5, 0.6) is 0 Å². The molecule has 0 radical (unpaired) electrons. The number of hydrogen-bond donors (Lipinski definition) is 3. The lowest BCUT2D eigenvalue weighted by Gasteiger charge is -2.05. The average Bonchev–Trinajstić information content (AvgIpc) is 1.94. The summed E-state index contributed by atoms with van der Waals surface area (Å²) in [7, 11) is 0. The minimum atomic E-state index is -0.0332. The number of anilines is 1. The van der Waals surface area contributed by atoms with Crippen LogP contribution < -0.4 is 11.1 Å². The van der Waals surface area contributed by atoms with Gasteiger partial charge in [-0.25, -0.2) is 0 Å². The number of guanidine groups is 1. The van der Waals surface area contributed by atoms with E-state index in [1.165, 1.54) is 3.57 Å². The van der Waals surface area contributed by atoms with E-state index in [4.69, 9.17) is 11.1 Å². The average molecular weight is 387 g/mol. The van der Waals surface area contributed by atoms with Gasteiger partial charge in [0.15, 0.2) is 5.96 Å². The number of hydrogen-bond acceptors (Lipinski definition) is 1. The second-order valence-electron chi connectivity index (χ2n) is 2.16. The molecule has 0 aromatic heterocycles. The predicted molar refractivity (Wildman–Crippen MR) is 67.4 cm³/mol. The number of nitrogens with two attached hydrogens (primary N) is 1. The fourth-order valence-electron chi connectivity index (χ4n) is 0.736. The molecule has 0 spiro atoms. The summed E-state index contributed by atoms with van der Waals surface area (Å²) in [6, 6.07) is 5.89. The molecule has 0 aliphatic carbocycles. The van der Waals surface area contributed by atoms with Gasteiger partial charge < -0.3 is 11.1 Å². The van der Waals surface area contributed by atoms with Crippen LogP contribution in [-0.2, 0) is 0 Å². The third-order valence-corrected chi connectivity index (χ3v) is 2.76. The molecular formula is C7H7I2N3. The second-order valence-corrected chi connectivity index (χ2v) is 4.57. The predicted octanol–water partition coefficient (Wildman–Crippen LogP) is 2.20. The summed E-state index contributed by atoms with van der Waals surface area (Å²) in [5.74, 6) is -0.0332. The van der Waals surface area contributed by atoms with Crippen LogP contribution in [0.2, 0.25) is 0 Å². The molecule has 12 heavy (non-hydrogen) atoms. The lowest BCUT2D eigenvalue weighted by atomic mass is 10.3. The van der Waals surface area contributed by atoms with Gasteiger partial charge in [0.25, 0.3) is 0 Å². The Morgan fingerprint density at radius 2 is 2.08 bits per heavy atom. The Hall–Kier alpha value is -0.0500. The standard InChI is InChI=1S/C7H7I2N3/c8-4-1-2-6(5(9)3-4)12-7(10)11/h1-3H,(H4,10,11,12). The van der Waals surface area contributed by atoms with Crippen molar-refractivity contribution in [2.45, 2.75) is 0 Å². The third kappa shape index (κ3) is 2.77. The molecule has 1 aromatic carbocycles. The molecular weight excluding hydrogens is 380 g/mol. The lowest BCUT2D eigenvalue weighted by Crippen LogP contribution is -2.20. The van der Waals surface area contributed by atoms with Crippen molar-refractivity contribution in [1.82, 2.24) is 0 Å². The van der Waals surface area contributed by atoms with Gasteiger partial charge in [-0.05, 0) is 63.4 Å². The van der Waals surface area contributed by atoms with E-state index in [0.29, 0.717) is 0 Å². The second kappa shape index (κ2) is 4.26. The smallest absolute Gasteiger partial charge is 0.190 e. The van der Waals surface area contributed by atoms with Crippen molar-refractivity contribution in [3.05, 3.63) is 25.3 Å². The van der Waals surface area contributed by atoms with Gasteiger partial charge in [0, 0.05) is 7.14 Å². The summed E-state index contributed by atoms with van der Waals surface area (Å²) in [4.78, 5) is 0. The fourth-order valence-corrected chi connectivity index (χ4v) is 2.47. The van der Waals surface area contributed by atoms with Crippen molar-refractivity contribution in [1.29, 1.82) is 5.41 Å². The molecule has 0 bridgehead atoms. The summed E-state index contributed by atoms with van der Waals surface area (Å²) in [5.41, 5.74) is 6.08. The largest absolute Gasteiger partial charge is 0.370 e. The molecule has 0 unspecified atom stereocenters. The van der Waals surface area contributed by atoms with Crippen molar-refractivity contribution in [3.8, 4) is 0 Å². The van der Waals surface area contributed by atoms with Gasteiger partial charge in [0.05, 0.1) is 5.69 Å². The highest BCUT2D eigenvalue weighted by Crippen LogP contribution is 2.20. The molecule has 0 atom stereocenters. The summed E-state index contributed by atoms with van der Waals surface area (Å²) in [6.07, 6.45) is 0. The summed E-state index contributed by atoms with van der Waals surface area (Å²) in [6.45, 7) is 0. The van der Waals surface area contributed by atoms with E-state index >= 15 is 0 Å². The Kier molecular flexibility index (Phi) is 3.56. The molecule has 0 aliphatic rings. The Bertz CT molecular complexity index is 312. The van der Waals surface area contributed by atoms with Crippen LogP contribution in [-0.4, -0.2) is 5.96 Å². The van der Waals surface area contributed by atoms with Crippen LogP contribution in [0.4, 0.5) is 5.69 Å². The molecule has 4 N–H and O–H groups in total. The maximum atomic E-state index is 7.04. The fraction of sp³-hybridized carbons (Fsp3) is 0. The van der Waals surface area contributed by atoms with Crippen LogP contribution in [0.3, 0.4) is 0 Å². The monoisotopic (exact) mass is 387 g/mol. The van der Waals surface area contributed by atoms with Crippen LogP contribution in [0.15, 0.2) is 18.2 Å². The first kappa shape index (κ1) is 10.0. The van der Waals surface area contributed by atoms with E-state index in [-0.39, 0.29) is 5.96 Å². The molecule has 1 rings (SSSR count). The van der Waals surface area contributed by atoms with E-state index in [2.05, 4.69) is 50.5 Å². The first-order valence-electron chi connectivity index (χ1n) is 3.15. The van der Waals surface area contributed by atoms with Gasteiger partial charge in [0.1, 0.15) is 0 Å². The highest BCUT2D eigenvalue weighted by Gasteiger charge is 1.99. The van der Waals surface area contributed by atoms with E-state index in [9.17, 15) is 0 Å². The summed E-state index contributed by atoms with van der Waals surface area (Å²) < 4.78 is 2.24. The summed E-state index contributed by atoms with van der Waals surface area (Å²) >= 11 is 4.44. The molecule has 3 nitrogen and oxygen atoms in total. The van der Waals surface area contributed by atoms with E-state index in [1.54, 1.807) is 0 Å². The van der Waals surface area contributed by atoms with E-state index in [0.717, 1.165) is 9.26 Å². The van der Waals surface area contributed by atoms with Gasteiger partial charge >= 0.3 is 0 Å². The zero-order valence-electron chi connectivity index (χ0n) is 6.07. The molecule has 0 amide bonds. The maximum Gasteiger partial charge on any atom is 0.190 e. The van der Waals surface area contributed by atoms with Crippen molar-refractivity contribution in [3.63, 3.8) is 0 Å². The molecule has 5 heteroatoms. The SMILES string of the molecule is N=C(N)Nc1ccc(I)cc1I. The topological polar surface area (TPSA) is 61.9 Å². The molecule has 64 valence electrons. The number of halogens is 2. The van der Waals surface area contributed by atoms with Gasteiger partial charge in [-0.15, -0.1) is 0 Å². The van der Waals surface area contributed by atoms with Gasteiger partial charge in [-0.2, -0.15) is 0 Å². The minimum absolute atomic E-state index is 0.0332. The van der Waals surface area contributed by atoms with Crippen LogP contribution in [0.1, 0.15) is 0 Å². The molecule has 0 aliphatic heterocycles. The van der Waals surface area contributed by atoms with Gasteiger partial charge in [-0.3, -0.25) is 5.41 Å². The number of rotatable bonds is 1. The van der Waals surface area contributed by atoms with Gasteiger partial charge in [-0.1, -0.05) is 0 Å². The zero-order chi connectivity index (χ0) is 9.14. The van der Waals surface area contributed by atoms with Gasteiger partial charge in [0.2, 0.25) is 0 Å². The summed E-state index contributed by atoms with van der Waals surface area (Å²) in [5, 5.41) is 9.79. The first-order chi connectivity index (χ1) is 5.59. The molecule has 0 saturated carbocycles. The molecule has 0 saturated heterocycles. The highest BCUT2D eigenvalue weighted by molar-refractivity contribution is 14.1. The van der Waals surface area contributed by atoms with E-state index in [1.807, 2.05) is 18.2 Å². The van der Waals surface area contributed by atoms with Crippen molar-refractivity contribution in [2.24, 2.45) is 5.73 Å². The zero-order valence-corrected chi connectivity index (χ0v) is 10.4. The normalized spacial score (nSPS) is 9.50. The minimum Gasteiger partial charge on any atom is -0.370 e. The Morgan fingerprint density at radius 1 is 1.42 bits per heavy atom. The Labute approximate surface area is 97.9 Å². The third-order valence-electron chi connectivity index (χ3n) is 1.20. The molecule has 1 aromatic rings. The van der Waals surface area contributed by atoms with Crippen LogP contribution >= 0.6 is 45.2 Å². The number of nitrogens with one attached hydrogen (secondary N) is 2. The van der Waals surface area contributed by atoms with Crippen LogP contribution in [0.25, 0.3) is 0 Å². The maximum absolute atomic E-state index is 7.04. The van der Waals surface area contributed by atoms with Crippen molar-refractivity contribution >= 4 is 56.8 Å². The molecule has 0 heterocycles. The quantitative estimate of drug-likeness (QED) is 0.393. The van der Waals surface area contributed by atoms with Crippen LogP contribution in [0, 0.1) is 12.5 Å². The van der Waals surface area contributed by atoms with E-state index < -0.39 is 0 Å². The van der Waals surface area contributed by atoms with Crippen molar-refractivity contribution in [2.75, 3.05) is 5.32 Å². The van der Waals surface area contributed by atoms with Crippen molar-refractivity contribution < 1.29 is 0 Å². The lowest BCUT2D eigenvalue weighted by molar-refractivity contribution is 1.40. The Balaban J connectivity index is 2.93. The Morgan fingerprint density at radius 3 is 2.58 bits per heavy atom. The highest BCUT2D eigenvalue weighted by atomic mass is 127. The number of benzene rings is 1. The molecule has 0 fully saturated rings. The first-order valence-corrected chi connectivity index (χ1v) is 5.31.